The molecule has 0 amide bonds. The molecule has 0 aromatic carbocycles. The van der Waals surface area contributed by atoms with Crippen LogP contribution >= 0.6 is 140 Å². The van der Waals surface area contributed by atoms with Gasteiger partial charge in [-0.1, -0.05) is 46.4 Å². The van der Waals surface area contributed by atoms with Crippen molar-refractivity contribution < 1.29 is 251 Å². The quantitative estimate of drug-likeness (QED) is 0.0184. The van der Waals surface area contributed by atoms with Gasteiger partial charge in [-0.15, -0.1) is 0 Å². The third-order valence-electron chi connectivity index (χ3n) is 12.2. The molecule has 0 radical (unpaired) electrons. The fourth-order valence-corrected chi connectivity index (χ4v) is 20.7. The van der Waals surface area contributed by atoms with Crippen LogP contribution in [0.2, 0.25) is 20.1 Å². The zero-order valence-electron chi connectivity index (χ0n) is 61.8. The summed E-state index contributed by atoms with van der Waals surface area (Å²) in [5.74, 6) is -14.2. The first-order valence-electron chi connectivity index (χ1n) is 31.4. The van der Waals surface area contributed by atoms with Crippen molar-refractivity contribution in [2.45, 2.75) is 98.4 Å². The van der Waals surface area contributed by atoms with Gasteiger partial charge in [0.25, 0.3) is 22.2 Å². The van der Waals surface area contributed by atoms with E-state index in [0.29, 0.717) is 27.7 Å². The molecule has 4 aliphatic heterocycles. The fourth-order valence-electron chi connectivity index (χ4n) is 8.27. The lowest BCUT2D eigenvalue weighted by Crippen LogP contribution is -2.36. The average molecular weight is 2090 g/mol. The van der Waals surface area contributed by atoms with E-state index in [0.717, 1.165) is 6.20 Å². The lowest BCUT2D eigenvalue weighted by Gasteiger charge is -2.22. The number of phosphoric acid groups is 12. The number of alkyl halides is 4. The van der Waals surface area contributed by atoms with E-state index in [-0.39, 0.29) is 9.13 Å². The maximum atomic E-state index is 15.3. The Morgan fingerprint density at radius 2 is 0.558 bits per heavy atom. The van der Waals surface area contributed by atoms with Crippen LogP contribution in [0, 0.1) is 0 Å². The largest absolute Gasteiger partial charge is 0.490 e. The second-order valence-corrected chi connectivity index (χ2v) is 41.1. The van der Waals surface area contributed by atoms with Crippen LogP contribution in [-0.2, 0) is 126 Å². The third-order valence-corrected chi connectivity index (χ3v) is 28.1. The van der Waals surface area contributed by atoms with Crippen LogP contribution in [0.3, 0.4) is 0 Å². The van der Waals surface area contributed by atoms with E-state index in [1.54, 1.807) is 19.9 Å². The number of aromatic amines is 4. The van der Waals surface area contributed by atoms with Crippen LogP contribution in [-0.4, -0.2) is 211 Å². The van der Waals surface area contributed by atoms with Crippen molar-refractivity contribution in [3.8, 4) is 0 Å². The van der Waals surface area contributed by atoms with Crippen LogP contribution in [0.1, 0.15) is 58.8 Å². The summed E-state index contributed by atoms with van der Waals surface area (Å²) in [5.41, 5.74) is -9.40. The van der Waals surface area contributed by atoms with Crippen LogP contribution in [0.15, 0.2) is 63.1 Å². The number of halogens is 8. The monoisotopic (exact) mass is 2090 g/mol. The average Bonchev–Trinajstić information content (AvgIpc) is 1.59. The minimum atomic E-state index is -6.23. The van der Waals surface area contributed by atoms with E-state index < -0.39 is 284 Å². The second-order valence-electron chi connectivity index (χ2n) is 21.9. The van der Waals surface area contributed by atoms with Gasteiger partial charge in [0, 0.05) is 50.5 Å². The summed E-state index contributed by atoms with van der Waals surface area (Å²) in [7, 11) is -70.4. The van der Waals surface area contributed by atoms with Gasteiger partial charge in [-0.3, -0.25) is 75.5 Å². The Bertz CT molecular complexity index is 5960. The molecule has 20 atom stereocenters. The molecule has 4 aromatic heterocycles. The van der Waals surface area contributed by atoms with Crippen molar-refractivity contribution in [1.82, 2.24) is 38.2 Å². The van der Waals surface area contributed by atoms with E-state index in [2.05, 4.69) is 66.8 Å². The molecule has 0 saturated carbocycles. The third kappa shape index (κ3) is 34.2. The zero-order valence-corrected chi connectivity index (χ0v) is 69.6. The minimum absolute atomic E-state index is 0.0592. The normalized spacial score (nSPS) is 31.0. The molecule has 0 bridgehead atoms. The first-order chi connectivity index (χ1) is 55.9. The first-order valence-corrected chi connectivity index (χ1v) is 48.0. The highest BCUT2D eigenvalue weighted by Gasteiger charge is 2.56. The van der Waals surface area contributed by atoms with Crippen molar-refractivity contribution in [2.24, 2.45) is 0 Å². The Kier molecular flexibility index (Phi) is 32.1. The van der Waals surface area contributed by atoms with E-state index in [9.17, 15) is 142 Å². The number of phosphoric ester groups is 4. The predicted molar refractivity (Wildman–Crippen MR) is 363 cm³/mol. The summed E-state index contributed by atoms with van der Waals surface area (Å²) in [6.07, 6.45) is -21.0. The van der Waals surface area contributed by atoms with E-state index in [1.165, 1.54) is 0 Å². The topological polar surface area (TPSA) is 977 Å². The Morgan fingerprint density at radius 1 is 0.350 bits per heavy atom. The summed E-state index contributed by atoms with van der Waals surface area (Å²) < 4.78 is 303. The molecule has 64 nitrogen and oxygen atoms in total. The van der Waals surface area contributed by atoms with Gasteiger partial charge < -0.3 is 118 Å². The molecule has 0 aliphatic carbocycles. The van der Waals surface area contributed by atoms with Crippen LogP contribution in [0.5, 0.6) is 0 Å². The fraction of sp³-hybridized carbons (Fsp3) is 0.556. The lowest BCUT2D eigenvalue weighted by atomic mass is 10.2. The molecule has 8 rings (SSSR count). The Balaban J connectivity index is 0.000000298. The molecular weight excluding hydrogens is 2030 g/mol. The van der Waals surface area contributed by atoms with Gasteiger partial charge in [-0.05, 0) is 0 Å². The van der Waals surface area contributed by atoms with E-state index in [4.69, 9.17) is 118 Å². The second kappa shape index (κ2) is 39.5. The molecule has 4 aliphatic rings. The number of aliphatic hydroxyl groups excluding tert-OH is 4. The molecule has 4 aromatic rings. The maximum absolute atomic E-state index is 15.3. The number of hydrogen-bond donors (Lipinski definition) is 24. The van der Waals surface area contributed by atoms with E-state index >= 15 is 8.78 Å². The molecule has 24 N–H and O–H groups in total. The molecule has 8 unspecified atom stereocenters. The zero-order chi connectivity index (χ0) is 97.9. The number of nitrogens with one attached hydrogen (secondary N) is 4. The summed E-state index contributed by atoms with van der Waals surface area (Å²) in [6, 6.07) is 0. The predicted octanol–water partition coefficient (Wildman–Crippen LogP) is -2.08. The van der Waals surface area contributed by atoms with Crippen LogP contribution < -0.4 is 45.0 Å². The number of rotatable bonds is 32. The van der Waals surface area contributed by atoms with Crippen molar-refractivity contribution in [1.29, 1.82) is 0 Å². The Morgan fingerprint density at radius 3 is 0.842 bits per heavy atom. The molecule has 8 heterocycles. The molecule has 4 saturated heterocycles. The van der Waals surface area contributed by atoms with Crippen molar-refractivity contribution in [3.63, 3.8) is 0 Å². The van der Waals surface area contributed by atoms with Gasteiger partial charge >= 0.3 is 117 Å². The maximum Gasteiger partial charge on any atom is 0.490 e. The summed E-state index contributed by atoms with van der Waals surface area (Å²) in [4.78, 5) is 241. The van der Waals surface area contributed by atoms with Crippen LogP contribution in [0.4, 0.5) is 17.6 Å². The van der Waals surface area contributed by atoms with Gasteiger partial charge in [0.2, 0.25) is 23.4 Å². The smallest absolute Gasteiger partial charge is 0.388 e. The van der Waals surface area contributed by atoms with Crippen LogP contribution in [0.25, 0.3) is 0 Å². The van der Waals surface area contributed by atoms with Crippen molar-refractivity contribution in [2.75, 3.05) is 26.3 Å². The summed E-state index contributed by atoms with van der Waals surface area (Å²) >= 11 is 22.1. The number of H-pyrrole nitrogens is 4. The number of aromatic nitrogens is 8. The van der Waals surface area contributed by atoms with Gasteiger partial charge in [0.05, 0.1) is 8.22 Å². The minimum Gasteiger partial charge on any atom is -0.388 e. The van der Waals surface area contributed by atoms with Gasteiger partial charge in [-0.2, -0.15) is 34.5 Å². The molecule has 4 fully saturated rings. The molecule has 0 spiro atoms. The van der Waals surface area contributed by atoms with Gasteiger partial charge in [0.15, 0.2) is 24.9 Å². The number of hydrogen-bond acceptors (Lipinski definition) is 40. The highest BCUT2D eigenvalue weighted by molar-refractivity contribution is 7.68. The SMILES string of the molecule is O=c1[nH]c(=O)n([C@@H]2O[C@](F)(COP(=O)(O)OP(=O)(O)OP(=O)(O)O)C[C@H]2O)cc1Cl.[2H]C([2H])(OP(=O)(O)OP(=O)(O)OP(=O)(O)O)[C@]1(F)C[C@@H](O)[C@H](n2cc(Cl)c(=O)[nH]c2=O)O1.[2H]C([2H])(OP(=O)(O)OP(=O)(O)OP(=O)(O)O)[C@]1(F)C[C@@H](O)[C@]([2H])(n2cc(Cl)c(=O)[nH]c2=O)O1.[2H][C@@]1(n2cc(Cl)c(=O)[nH]c2=O)O[C@](F)(COP(=O)(O)OP(=O)(O)OP(=O)(O)O)C[C@H]1O. The van der Waals surface area contributed by atoms with E-state index in [1.807, 2.05) is 0 Å². The highest BCUT2D eigenvalue weighted by atomic mass is 35.5. The number of ether oxygens (including phenoxy) is 4. The van der Waals surface area contributed by atoms with Gasteiger partial charge in [0.1, 0.15) is 70.8 Å². The van der Waals surface area contributed by atoms with Crippen molar-refractivity contribution >= 4 is 140 Å². The Labute approximate surface area is 679 Å². The number of aliphatic hydroxyl groups is 4. The highest BCUT2D eigenvalue weighted by Crippen LogP contribution is 2.70. The lowest BCUT2D eigenvalue weighted by molar-refractivity contribution is -0.178. The number of nitrogens with zero attached hydrogens (tertiary/aromatic N) is 4. The molecular formula is C36H52Cl4F4N8O56P12. The first kappa shape index (κ1) is 97.5. The molecule has 120 heavy (non-hydrogen) atoms. The van der Waals surface area contributed by atoms with Crippen molar-refractivity contribution in [3.05, 3.63) is 128 Å². The Hall–Kier alpha value is -3.08. The summed E-state index contributed by atoms with van der Waals surface area (Å²) in [6.45, 7) is -11.4. The molecule has 688 valence electrons. The summed E-state index contributed by atoms with van der Waals surface area (Å²) in [5, 5.41) is 37.5. The standard InChI is InChI=1S/4C9H13ClFN2O14P3/c4*10-4-2-13(8(16)12-6(4)15)7-5(14)1-9(11,25-7)3-24-29(20,21)27-30(22,23)26-28(17,18)19/h4*2,5,7,14H,1,3H2,(H,20,21)(H,22,23)(H,12,15,16)(H2,17,18,19)/t4*5-,7-,9+/m1111/s1/i3D2,7D;7D;3D2;. The van der Waals surface area contributed by atoms with Gasteiger partial charge in [-0.25, -0.2) is 91.5 Å². The molecule has 84 heteroatoms.